The van der Waals surface area contributed by atoms with Gasteiger partial charge in [0, 0.05) is 43.7 Å². The van der Waals surface area contributed by atoms with Gasteiger partial charge in [0.05, 0.1) is 10.5 Å². The maximum atomic E-state index is 6.52. The summed E-state index contributed by atoms with van der Waals surface area (Å²) < 4.78 is 1.95. The number of anilines is 1. The molecule has 0 atom stereocenters. The van der Waals surface area contributed by atoms with Crippen LogP contribution in [0, 0.1) is 0 Å². The molecule has 3 heterocycles. The fourth-order valence-corrected chi connectivity index (χ4v) is 3.43. The Morgan fingerprint density at radius 1 is 1.20 bits per heavy atom. The van der Waals surface area contributed by atoms with Crippen molar-refractivity contribution in [3.05, 3.63) is 41.4 Å². The van der Waals surface area contributed by atoms with Crippen LogP contribution in [0.3, 0.4) is 0 Å². The Morgan fingerprint density at radius 2 is 2.04 bits per heavy atom. The van der Waals surface area contributed by atoms with Crippen LogP contribution in [0.4, 0.5) is 5.82 Å². The number of nitrogens with two attached hydrogens (primary N) is 1. The molecule has 1 saturated heterocycles. The summed E-state index contributed by atoms with van der Waals surface area (Å²) in [6.07, 6.45) is 2.38. The molecule has 8 heteroatoms. The standard InChI is InChI=1S/C17H20ClN7/c18-14-10-12-9-13(25-11-21-23-16(25)3-4-19)1-2-15(12)22-17(14)24-7-5-20-6-8-24/h1-2,9-11,20H,3-8,19H2. The summed E-state index contributed by atoms with van der Waals surface area (Å²) in [7, 11) is 0. The first-order chi connectivity index (χ1) is 12.3. The van der Waals surface area contributed by atoms with E-state index in [2.05, 4.69) is 26.5 Å². The monoisotopic (exact) mass is 357 g/mol. The van der Waals surface area contributed by atoms with Crippen molar-refractivity contribution in [3.63, 3.8) is 0 Å². The van der Waals surface area contributed by atoms with Gasteiger partial charge in [-0.05, 0) is 30.8 Å². The summed E-state index contributed by atoms with van der Waals surface area (Å²) in [6, 6.07) is 8.07. The van der Waals surface area contributed by atoms with E-state index in [9.17, 15) is 0 Å². The molecule has 0 amide bonds. The zero-order valence-electron chi connectivity index (χ0n) is 13.8. The molecule has 4 rings (SSSR count). The van der Waals surface area contributed by atoms with Crippen LogP contribution in [0.25, 0.3) is 16.6 Å². The molecule has 0 unspecified atom stereocenters. The van der Waals surface area contributed by atoms with Crippen LogP contribution in [0.15, 0.2) is 30.6 Å². The molecule has 0 radical (unpaired) electrons. The Labute approximate surface area is 150 Å². The Bertz CT molecular complexity index is 886. The fourth-order valence-electron chi connectivity index (χ4n) is 3.15. The van der Waals surface area contributed by atoms with Crippen LogP contribution in [0.2, 0.25) is 5.02 Å². The van der Waals surface area contributed by atoms with E-state index in [1.54, 1.807) is 6.33 Å². The van der Waals surface area contributed by atoms with Gasteiger partial charge in [-0.2, -0.15) is 0 Å². The molecule has 3 N–H and O–H groups in total. The third-order valence-electron chi connectivity index (χ3n) is 4.41. The Balaban J connectivity index is 1.73. The van der Waals surface area contributed by atoms with Crippen LogP contribution in [0.5, 0.6) is 0 Å². The molecule has 3 aromatic rings. The predicted octanol–water partition coefficient (Wildman–Crippen LogP) is 1.38. The van der Waals surface area contributed by atoms with Gasteiger partial charge in [0.25, 0.3) is 0 Å². The summed E-state index contributed by atoms with van der Waals surface area (Å²) >= 11 is 6.52. The van der Waals surface area contributed by atoms with Crippen LogP contribution < -0.4 is 16.0 Å². The van der Waals surface area contributed by atoms with E-state index >= 15 is 0 Å². The number of aromatic nitrogens is 4. The average Bonchev–Trinajstić information content (AvgIpc) is 3.10. The van der Waals surface area contributed by atoms with Crippen LogP contribution in [0.1, 0.15) is 5.82 Å². The van der Waals surface area contributed by atoms with Gasteiger partial charge >= 0.3 is 0 Å². The highest BCUT2D eigenvalue weighted by Crippen LogP contribution is 2.29. The number of pyridine rings is 1. The number of nitrogens with one attached hydrogen (secondary N) is 1. The summed E-state index contributed by atoms with van der Waals surface area (Å²) in [5.74, 6) is 1.70. The lowest BCUT2D eigenvalue weighted by molar-refractivity contribution is 0.585. The van der Waals surface area contributed by atoms with E-state index in [0.29, 0.717) is 18.0 Å². The van der Waals surface area contributed by atoms with Crippen molar-refractivity contribution in [2.24, 2.45) is 5.73 Å². The SMILES string of the molecule is NCCc1nncn1-c1ccc2nc(N3CCNCC3)c(Cl)cc2c1. The van der Waals surface area contributed by atoms with Crippen LogP contribution >= 0.6 is 11.6 Å². The van der Waals surface area contributed by atoms with E-state index in [4.69, 9.17) is 22.3 Å². The van der Waals surface area contributed by atoms with Crippen molar-refractivity contribution < 1.29 is 0 Å². The van der Waals surface area contributed by atoms with Gasteiger partial charge in [-0.25, -0.2) is 4.98 Å². The second kappa shape index (κ2) is 6.95. The fraction of sp³-hybridized carbons (Fsp3) is 0.353. The number of rotatable bonds is 4. The maximum Gasteiger partial charge on any atom is 0.148 e. The number of hydrogen-bond donors (Lipinski definition) is 2. The van der Waals surface area contributed by atoms with E-state index in [-0.39, 0.29) is 0 Å². The second-order valence-electron chi connectivity index (χ2n) is 6.06. The molecular formula is C17H20ClN7. The molecule has 1 aromatic carbocycles. The highest BCUT2D eigenvalue weighted by molar-refractivity contribution is 6.33. The van der Waals surface area contributed by atoms with Crippen molar-refractivity contribution in [1.82, 2.24) is 25.1 Å². The maximum absolute atomic E-state index is 6.52. The Hall–Kier alpha value is -2.22. The van der Waals surface area contributed by atoms with E-state index in [0.717, 1.165) is 54.4 Å². The predicted molar refractivity (Wildman–Crippen MR) is 99.5 cm³/mol. The van der Waals surface area contributed by atoms with Crippen LogP contribution in [-0.2, 0) is 6.42 Å². The highest BCUT2D eigenvalue weighted by Gasteiger charge is 2.16. The summed E-state index contributed by atoms with van der Waals surface area (Å²) in [6.45, 7) is 4.27. The van der Waals surface area contributed by atoms with Gasteiger partial charge in [-0.1, -0.05) is 11.6 Å². The van der Waals surface area contributed by atoms with E-state index in [1.807, 2.05) is 22.8 Å². The quantitative estimate of drug-likeness (QED) is 0.733. The third-order valence-corrected chi connectivity index (χ3v) is 4.69. The largest absolute Gasteiger partial charge is 0.353 e. The average molecular weight is 358 g/mol. The molecule has 0 spiro atoms. The molecule has 2 aromatic heterocycles. The molecule has 0 bridgehead atoms. The lowest BCUT2D eigenvalue weighted by Gasteiger charge is -2.29. The van der Waals surface area contributed by atoms with Gasteiger partial charge in [-0.15, -0.1) is 10.2 Å². The zero-order valence-corrected chi connectivity index (χ0v) is 14.6. The summed E-state index contributed by atoms with van der Waals surface area (Å²) in [5, 5.41) is 13.1. The van der Waals surface area contributed by atoms with Gasteiger partial charge in [0.15, 0.2) is 0 Å². The van der Waals surface area contributed by atoms with E-state index < -0.39 is 0 Å². The number of piperazine rings is 1. The Morgan fingerprint density at radius 3 is 2.84 bits per heavy atom. The minimum absolute atomic E-state index is 0.535. The molecule has 0 saturated carbocycles. The van der Waals surface area contributed by atoms with E-state index in [1.165, 1.54) is 0 Å². The lowest BCUT2D eigenvalue weighted by atomic mass is 10.2. The molecule has 1 fully saturated rings. The number of benzene rings is 1. The van der Waals surface area contributed by atoms with Crippen molar-refractivity contribution >= 4 is 28.3 Å². The first-order valence-corrected chi connectivity index (χ1v) is 8.79. The first kappa shape index (κ1) is 16.3. The van der Waals surface area contributed by atoms with Gasteiger partial charge in [-0.3, -0.25) is 4.57 Å². The number of hydrogen-bond acceptors (Lipinski definition) is 6. The molecule has 7 nitrogen and oxygen atoms in total. The topological polar surface area (TPSA) is 84.9 Å². The Kier molecular flexibility index (Phi) is 4.52. The molecule has 130 valence electrons. The van der Waals surface area contributed by atoms with Crippen molar-refractivity contribution in [1.29, 1.82) is 0 Å². The number of nitrogens with zero attached hydrogens (tertiary/aromatic N) is 5. The zero-order chi connectivity index (χ0) is 17.2. The minimum atomic E-state index is 0.535. The van der Waals surface area contributed by atoms with Crippen LogP contribution in [-0.4, -0.2) is 52.5 Å². The molecule has 25 heavy (non-hydrogen) atoms. The smallest absolute Gasteiger partial charge is 0.148 e. The summed E-state index contributed by atoms with van der Waals surface area (Å²) in [5.41, 5.74) is 7.55. The summed E-state index contributed by atoms with van der Waals surface area (Å²) in [4.78, 5) is 7.01. The van der Waals surface area contributed by atoms with Gasteiger partial charge in [0.2, 0.25) is 0 Å². The van der Waals surface area contributed by atoms with Crippen molar-refractivity contribution in [2.45, 2.75) is 6.42 Å². The highest BCUT2D eigenvalue weighted by atomic mass is 35.5. The number of fused-ring (bicyclic) bond motifs is 1. The first-order valence-electron chi connectivity index (χ1n) is 8.41. The minimum Gasteiger partial charge on any atom is -0.353 e. The van der Waals surface area contributed by atoms with Crippen molar-refractivity contribution in [3.8, 4) is 5.69 Å². The van der Waals surface area contributed by atoms with Gasteiger partial charge < -0.3 is 16.0 Å². The lowest BCUT2D eigenvalue weighted by Crippen LogP contribution is -2.44. The van der Waals surface area contributed by atoms with Gasteiger partial charge in [0.1, 0.15) is 18.0 Å². The molecule has 0 aliphatic carbocycles. The third kappa shape index (κ3) is 3.18. The van der Waals surface area contributed by atoms with Crippen molar-refractivity contribution in [2.75, 3.05) is 37.6 Å². The molecule has 1 aliphatic heterocycles. The number of halogens is 1. The normalized spacial score (nSPS) is 15.0. The molecule has 1 aliphatic rings. The second-order valence-corrected chi connectivity index (χ2v) is 6.47. The molecular weight excluding hydrogens is 338 g/mol.